The summed E-state index contributed by atoms with van der Waals surface area (Å²) < 4.78 is 22.7. The Bertz CT molecular complexity index is 1280. The van der Waals surface area contributed by atoms with Gasteiger partial charge in [0, 0.05) is 12.8 Å². The minimum atomic E-state index is -1.62. The SMILES string of the molecule is CCCC/C=C\CCCCCCCC(=O)OCC(COC(OCC[N+](C)(C)C)C(=O)[O-])OC(=O)CCCCCCCCCCCCCCCCCCCCCCCCCCCCC/C=C\CCCCCCCCCC. The average Bonchev–Trinajstić information content (AvgIpc) is 3.38. The summed E-state index contributed by atoms with van der Waals surface area (Å²) >= 11 is 0. The summed E-state index contributed by atoms with van der Waals surface area (Å²) in [7, 11) is 5.93. The number of rotatable bonds is 61. The van der Waals surface area contributed by atoms with Crippen LogP contribution in [0.4, 0.5) is 0 Å². The monoisotopic (exact) mass is 1060 g/mol. The van der Waals surface area contributed by atoms with Gasteiger partial charge in [-0.15, -0.1) is 0 Å². The van der Waals surface area contributed by atoms with Crippen LogP contribution in [0.1, 0.15) is 322 Å². The third-order valence-corrected chi connectivity index (χ3v) is 14.7. The van der Waals surface area contributed by atoms with E-state index in [1.165, 1.54) is 231 Å². The predicted molar refractivity (Wildman–Crippen MR) is 316 cm³/mol. The number of nitrogens with zero attached hydrogens (tertiary/aromatic N) is 1. The maximum Gasteiger partial charge on any atom is 0.306 e. The molecule has 0 fully saturated rings. The first-order valence-electron chi connectivity index (χ1n) is 32.5. The number of ether oxygens (including phenoxy) is 4. The maximum absolute atomic E-state index is 12.8. The molecule has 0 bridgehead atoms. The van der Waals surface area contributed by atoms with Gasteiger partial charge in [0.2, 0.25) is 0 Å². The number of esters is 2. The van der Waals surface area contributed by atoms with Crippen molar-refractivity contribution in [1.82, 2.24) is 0 Å². The van der Waals surface area contributed by atoms with Gasteiger partial charge < -0.3 is 33.3 Å². The number of hydrogen-bond acceptors (Lipinski definition) is 8. The van der Waals surface area contributed by atoms with Crippen LogP contribution in [-0.4, -0.2) is 82.3 Å². The van der Waals surface area contributed by atoms with Gasteiger partial charge in [0.05, 0.1) is 40.3 Å². The van der Waals surface area contributed by atoms with Gasteiger partial charge in [-0.2, -0.15) is 0 Å². The lowest BCUT2D eigenvalue weighted by molar-refractivity contribution is -0.870. The smallest absolute Gasteiger partial charge is 0.306 e. The Kier molecular flexibility index (Phi) is 56.2. The number of unbranched alkanes of at least 4 members (excludes halogenated alkanes) is 42. The van der Waals surface area contributed by atoms with E-state index in [0.717, 1.165) is 64.2 Å². The third kappa shape index (κ3) is 59.3. The van der Waals surface area contributed by atoms with E-state index in [0.29, 0.717) is 11.0 Å². The molecular formula is C66H125NO8. The van der Waals surface area contributed by atoms with Crippen molar-refractivity contribution in [3.8, 4) is 0 Å². The molecule has 0 radical (unpaired) electrons. The van der Waals surface area contributed by atoms with Crippen molar-refractivity contribution in [2.45, 2.75) is 334 Å². The largest absolute Gasteiger partial charge is 0.545 e. The summed E-state index contributed by atoms with van der Waals surface area (Å²) in [4.78, 5) is 37.2. The van der Waals surface area contributed by atoms with Gasteiger partial charge in [0.25, 0.3) is 0 Å². The Morgan fingerprint density at radius 1 is 0.387 bits per heavy atom. The van der Waals surface area contributed by atoms with E-state index in [1.54, 1.807) is 0 Å². The number of hydrogen-bond donors (Lipinski definition) is 0. The van der Waals surface area contributed by atoms with Gasteiger partial charge in [-0.3, -0.25) is 9.59 Å². The number of aliphatic carboxylic acids is 1. The summed E-state index contributed by atoms with van der Waals surface area (Å²) in [5.41, 5.74) is 0. The molecule has 0 N–H and O–H groups in total. The second-order valence-electron chi connectivity index (χ2n) is 23.4. The molecule has 0 amide bonds. The predicted octanol–water partition coefficient (Wildman–Crippen LogP) is 18.1. The molecule has 0 aromatic carbocycles. The van der Waals surface area contributed by atoms with Crippen molar-refractivity contribution in [1.29, 1.82) is 0 Å². The third-order valence-electron chi connectivity index (χ3n) is 14.7. The van der Waals surface area contributed by atoms with Gasteiger partial charge >= 0.3 is 11.9 Å². The fraction of sp³-hybridized carbons (Fsp3) is 0.894. The van der Waals surface area contributed by atoms with Gasteiger partial charge in [-0.1, -0.05) is 276 Å². The Morgan fingerprint density at radius 2 is 0.693 bits per heavy atom. The highest BCUT2D eigenvalue weighted by Gasteiger charge is 2.22. The molecule has 75 heavy (non-hydrogen) atoms. The molecule has 0 aliphatic carbocycles. The summed E-state index contributed by atoms with van der Waals surface area (Å²) in [6.07, 6.45) is 67.2. The van der Waals surface area contributed by atoms with E-state index >= 15 is 0 Å². The number of allylic oxidation sites excluding steroid dienone is 4. The minimum Gasteiger partial charge on any atom is -0.545 e. The molecule has 2 unspecified atom stereocenters. The van der Waals surface area contributed by atoms with Crippen LogP contribution in [0.25, 0.3) is 0 Å². The molecule has 0 saturated heterocycles. The standard InChI is InChI=1S/C66H125NO8/c1-6-8-10-12-14-16-18-19-20-21-22-23-24-25-26-27-28-29-30-31-32-33-34-35-36-37-38-39-40-41-42-43-44-45-47-49-51-53-55-57-64(69)75-62(61-74-66(65(70)71)72-59-58-67(3,4)5)60-73-63(68)56-54-52-50-48-46-17-15-13-11-9-7-2/h13,15,21-22,62,66H,6-12,14,16-20,23-61H2,1-5H3/b15-13-,22-21-. The molecule has 2 atom stereocenters. The van der Waals surface area contributed by atoms with E-state index in [1.807, 2.05) is 21.1 Å². The number of quaternary nitrogens is 1. The Hall–Kier alpha value is -2.23. The van der Waals surface area contributed by atoms with Crippen molar-refractivity contribution in [3.05, 3.63) is 24.3 Å². The lowest BCUT2D eigenvalue weighted by Crippen LogP contribution is -2.44. The van der Waals surface area contributed by atoms with E-state index in [2.05, 4.69) is 38.2 Å². The molecule has 0 rings (SSSR count). The zero-order valence-corrected chi connectivity index (χ0v) is 50.4. The van der Waals surface area contributed by atoms with Crippen LogP contribution in [0.5, 0.6) is 0 Å². The number of carboxylic acid groups (broad SMARTS) is 1. The molecule has 0 saturated carbocycles. The molecule has 442 valence electrons. The zero-order chi connectivity index (χ0) is 54.8. The number of carbonyl (C=O) groups is 3. The summed E-state index contributed by atoms with van der Waals surface area (Å²) in [5, 5.41) is 11.7. The van der Waals surface area contributed by atoms with Crippen molar-refractivity contribution >= 4 is 17.9 Å². The normalized spacial score (nSPS) is 12.8. The maximum atomic E-state index is 12.8. The second kappa shape index (κ2) is 57.9. The van der Waals surface area contributed by atoms with Gasteiger partial charge in [-0.05, 0) is 57.8 Å². The highest BCUT2D eigenvalue weighted by molar-refractivity contribution is 5.70. The van der Waals surface area contributed by atoms with Crippen molar-refractivity contribution < 1.29 is 42.9 Å². The van der Waals surface area contributed by atoms with Gasteiger partial charge in [-0.25, -0.2) is 0 Å². The van der Waals surface area contributed by atoms with Crippen LogP contribution in [0.3, 0.4) is 0 Å². The Morgan fingerprint density at radius 3 is 1.03 bits per heavy atom. The first-order chi connectivity index (χ1) is 36.6. The molecule has 0 aromatic rings. The van der Waals surface area contributed by atoms with Crippen LogP contribution in [-0.2, 0) is 33.3 Å². The Labute approximate surface area is 465 Å². The highest BCUT2D eigenvalue weighted by atomic mass is 16.7. The van der Waals surface area contributed by atoms with Crippen molar-refractivity contribution in [2.75, 3.05) is 47.5 Å². The number of carboxylic acids is 1. The molecule has 0 heterocycles. The molecule has 0 aliphatic heterocycles. The topological polar surface area (TPSA) is 111 Å². The molecule has 9 nitrogen and oxygen atoms in total. The van der Waals surface area contributed by atoms with E-state index in [9.17, 15) is 19.5 Å². The fourth-order valence-electron chi connectivity index (χ4n) is 9.63. The summed E-state index contributed by atoms with van der Waals surface area (Å²) in [6.45, 7) is 4.73. The van der Waals surface area contributed by atoms with Gasteiger partial charge in [0.15, 0.2) is 12.4 Å². The fourth-order valence-corrected chi connectivity index (χ4v) is 9.63. The van der Waals surface area contributed by atoms with Crippen LogP contribution in [0.2, 0.25) is 0 Å². The highest BCUT2D eigenvalue weighted by Crippen LogP contribution is 2.18. The quantitative estimate of drug-likeness (QED) is 0.0195. The molecule has 9 heteroatoms. The van der Waals surface area contributed by atoms with Crippen LogP contribution < -0.4 is 5.11 Å². The van der Waals surface area contributed by atoms with Gasteiger partial charge in [0.1, 0.15) is 13.2 Å². The van der Waals surface area contributed by atoms with Crippen LogP contribution in [0, 0.1) is 0 Å². The molecule has 0 spiro atoms. The number of likely N-dealkylation sites (N-methyl/N-ethyl adjacent to an activating group) is 1. The van der Waals surface area contributed by atoms with Crippen molar-refractivity contribution in [2.24, 2.45) is 0 Å². The van der Waals surface area contributed by atoms with Crippen LogP contribution in [0.15, 0.2) is 24.3 Å². The van der Waals surface area contributed by atoms with Crippen LogP contribution >= 0.6 is 0 Å². The number of carbonyl (C=O) groups excluding carboxylic acids is 3. The first kappa shape index (κ1) is 72.8. The molecule has 0 aromatic heterocycles. The lowest BCUT2D eigenvalue weighted by atomic mass is 10.0. The van der Waals surface area contributed by atoms with E-state index in [-0.39, 0.29) is 38.6 Å². The zero-order valence-electron chi connectivity index (χ0n) is 50.4. The lowest BCUT2D eigenvalue weighted by Gasteiger charge is -2.26. The molecular weight excluding hydrogens is 935 g/mol. The average molecular weight is 1060 g/mol. The van der Waals surface area contributed by atoms with Crippen molar-refractivity contribution in [3.63, 3.8) is 0 Å². The van der Waals surface area contributed by atoms with E-state index in [4.69, 9.17) is 18.9 Å². The summed E-state index contributed by atoms with van der Waals surface area (Å²) in [6, 6.07) is 0. The summed E-state index contributed by atoms with van der Waals surface area (Å²) in [5.74, 6) is -2.28. The minimum absolute atomic E-state index is 0.149. The Balaban J connectivity index is 3.87. The van der Waals surface area contributed by atoms with E-state index < -0.39 is 24.3 Å². The second-order valence-corrected chi connectivity index (χ2v) is 23.4. The molecule has 0 aliphatic rings. The first-order valence-corrected chi connectivity index (χ1v) is 32.5.